The average molecular weight is 318 g/mol. The van der Waals surface area contributed by atoms with E-state index < -0.39 is 12.4 Å². The second-order valence-electron chi connectivity index (χ2n) is 3.37. The van der Waals surface area contributed by atoms with Crippen molar-refractivity contribution in [2.24, 2.45) is 0 Å². The van der Waals surface area contributed by atoms with Gasteiger partial charge in [-0.2, -0.15) is 5.26 Å². The minimum Gasteiger partial charge on any atom is -0.462 e. The molecule has 0 radical (unpaired) electrons. The fraction of sp³-hybridized carbons (Fsp3) is 0.333. The summed E-state index contributed by atoms with van der Waals surface area (Å²) in [6, 6.07) is 3.97. The molecule has 96 valence electrons. The molecular weight excluding hydrogens is 308 g/mol. The Morgan fingerprint density at radius 1 is 1.56 bits per heavy atom. The lowest BCUT2D eigenvalue weighted by Gasteiger charge is -2.11. The number of hydrogen-bond acceptors (Lipinski definition) is 3. The van der Waals surface area contributed by atoms with E-state index in [1.165, 1.54) is 6.07 Å². The first kappa shape index (κ1) is 14.6. The summed E-state index contributed by atoms with van der Waals surface area (Å²) in [5, 5.41) is 9.13. The van der Waals surface area contributed by atoms with Gasteiger partial charge in [0, 0.05) is 10.9 Å². The van der Waals surface area contributed by atoms with Crippen molar-refractivity contribution < 1.29 is 18.3 Å². The fourth-order valence-electron chi connectivity index (χ4n) is 1.49. The van der Waals surface area contributed by atoms with Crippen LogP contribution in [0.25, 0.3) is 0 Å². The lowest BCUT2D eigenvalue weighted by Crippen LogP contribution is -2.11. The first-order valence-electron chi connectivity index (χ1n) is 5.13. The van der Waals surface area contributed by atoms with Crippen LogP contribution in [0.3, 0.4) is 0 Å². The maximum Gasteiger partial charge on any atom is 0.339 e. The van der Waals surface area contributed by atoms with Gasteiger partial charge in [0.05, 0.1) is 17.7 Å². The number of carbonyl (C=O) groups excluding carboxylic acids is 1. The maximum absolute atomic E-state index is 12.6. The molecule has 0 atom stereocenters. The summed E-state index contributed by atoms with van der Waals surface area (Å²) in [7, 11) is 0. The fourth-order valence-corrected chi connectivity index (χ4v) is 1.93. The number of halogens is 3. The van der Waals surface area contributed by atoms with Crippen LogP contribution in [-0.4, -0.2) is 12.6 Å². The molecule has 0 aliphatic rings. The Bertz CT molecular complexity index is 498. The lowest BCUT2D eigenvalue weighted by molar-refractivity contribution is 0.0524. The van der Waals surface area contributed by atoms with E-state index in [9.17, 15) is 13.6 Å². The van der Waals surface area contributed by atoms with E-state index >= 15 is 0 Å². The second-order valence-corrected chi connectivity index (χ2v) is 3.93. The van der Waals surface area contributed by atoms with Crippen LogP contribution in [0.1, 0.15) is 40.4 Å². The van der Waals surface area contributed by atoms with Crippen LogP contribution in [-0.2, 0) is 10.1 Å². The molecule has 1 rings (SSSR count). The Morgan fingerprint density at radius 3 is 2.67 bits per heavy atom. The molecule has 0 aliphatic carbocycles. The monoisotopic (exact) mass is 317 g/mol. The van der Waals surface area contributed by atoms with Crippen molar-refractivity contribution in [1.82, 2.24) is 0 Å². The van der Waals surface area contributed by atoms with Crippen molar-refractivity contribution in [1.29, 1.82) is 5.26 Å². The zero-order chi connectivity index (χ0) is 13.7. The predicted octanol–water partition coefficient (Wildman–Crippen LogP) is 3.57. The van der Waals surface area contributed by atoms with Gasteiger partial charge >= 0.3 is 5.97 Å². The quantitative estimate of drug-likeness (QED) is 0.630. The molecule has 6 heteroatoms. The molecule has 18 heavy (non-hydrogen) atoms. The van der Waals surface area contributed by atoms with Gasteiger partial charge in [-0.15, -0.1) is 0 Å². The summed E-state index contributed by atoms with van der Waals surface area (Å²) in [5.74, 6) is -0.677. The highest BCUT2D eigenvalue weighted by Crippen LogP contribution is 2.27. The summed E-state index contributed by atoms with van der Waals surface area (Å²) >= 11 is 3.11. The molecule has 0 saturated heterocycles. The van der Waals surface area contributed by atoms with Gasteiger partial charge in [-0.1, -0.05) is 15.9 Å². The first-order chi connectivity index (χ1) is 8.54. The summed E-state index contributed by atoms with van der Waals surface area (Å²) in [6.45, 7) is 1.79. The van der Waals surface area contributed by atoms with Gasteiger partial charge < -0.3 is 4.74 Å². The zero-order valence-electron chi connectivity index (χ0n) is 9.54. The van der Waals surface area contributed by atoms with E-state index in [2.05, 4.69) is 15.9 Å². The van der Waals surface area contributed by atoms with Crippen LogP contribution in [0.2, 0.25) is 0 Å². The molecule has 0 bridgehead atoms. The number of nitrogens with zero attached hydrogens (tertiary/aromatic N) is 1. The van der Waals surface area contributed by atoms with Crippen LogP contribution in [0, 0.1) is 11.3 Å². The summed E-state index contributed by atoms with van der Waals surface area (Å²) in [4.78, 5) is 11.7. The van der Waals surface area contributed by atoms with Gasteiger partial charge in [0.1, 0.15) is 6.07 Å². The number of benzene rings is 1. The number of hydrogen-bond donors (Lipinski definition) is 0. The van der Waals surface area contributed by atoms with Gasteiger partial charge in [0.2, 0.25) is 0 Å². The Morgan fingerprint density at radius 2 is 2.22 bits per heavy atom. The third-order valence-corrected chi connectivity index (χ3v) is 2.84. The lowest BCUT2D eigenvalue weighted by atomic mass is 9.99. The van der Waals surface area contributed by atoms with Crippen LogP contribution in [0.15, 0.2) is 12.1 Å². The van der Waals surface area contributed by atoms with E-state index in [1.54, 1.807) is 13.0 Å². The molecular formula is C12H10BrF2NO2. The van der Waals surface area contributed by atoms with E-state index in [4.69, 9.17) is 10.00 Å². The summed E-state index contributed by atoms with van der Waals surface area (Å²) in [6.07, 6.45) is -2.69. The van der Waals surface area contributed by atoms with Crippen LogP contribution >= 0.6 is 15.9 Å². The molecule has 0 aliphatic heterocycles. The highest BCUT2D eigenvalue weighted by molar-refractivity contribution is 9.08. The summed E-state index contributed by atoms with van der Waals surface area (Å²) < 4.78 is 30.1. The molecule has 3 nitrogen and oxygen atoms in total. The van der Waals surface area contributed by atoms with Crippen LogP contribution in [0.4, 0.5) is 8.78 Å². The Labute approximate surface area is 111 Å². The average Bonchev–Trinajstić information content (AvgIpc) is 2.36. The van der Waals surface area contributed by atoms with Gasteiger partial charge in [0.25, 0.3) is 6.43 Å². The largest absolute Gasteiger partial charge is 0.462 e. The molecule has 0 fully saturated rings. The van der Waals surface area contributed by atoms with Gasteiger partial charge in [-0.3, -0.25) is 0 Å². The predicted molar refractivity (Wildman–Crippen MR) is 64.7 cm³/mol. The number of carbonyl (C=O) groups is 1. The Kier molecular flexibility index (Phi) is 5.23. The van der Waals surface area contributed by atoms with Crippen molar-refractivity contribution in [2.45, 2.75) is 18.7 Å². The molecule has 0 aromatic heterocycles. The second kappa shape index (κ2) is 6.45. The third kappa shape index (κ3) is 3.05. The topological polar surface area (TPSA) is 50.1 Å². The molecule has 0 spiro atoms. The van der Waals surface area contributed by atoms with Gasteiger partial charge in [-0.05, 0) is 24.6 Å². The minimum absolute atomic E-state index is 0.0422. The molecule has 0 unspecified atom stereocenters. The van der Waals surface area contributed by atoms with Crippen molar-refractivity contribution in [3.63, 3.8) is 0 Å². The molecule has 0 saturated carbocycles. The first-order valence-corrected chi connectivity index (χ1v) is 6.25. The van der Waals surface area contributed by atoms with Crippen LogP contribution in [0.5, 0.6) is 0 Å². The van der Waals surface area contributed by atoms with Crippen LogP contribution < -0.4 is 0 Å². The SMILES string of the molecule is CCOC(=O)c1c(C#N)cc(C(F)F)cc1CBr. The van der Waals surface area contributed by atoms with Crippen molar-refractivity contribution in [3.8, 4) is 6.07 Å². The number of nitriles is 1. The number of esters is 1. The van der Waals surface area contributed by atoms with E-state index in [-0.39, 0.29) is 28.6 Å². The molecule has 1 aromatic carbocycles. The Hall–Kier alpha value is -1.48. The number of alkyl halides is 3. The standard InChI is InChI=1S/C12H10BrF2NO2/c1-2-18-12(17)10-8(5-13)3-7(11(14)15)4-9(10)6-16/h3-4,11H,2,5H2,1H3. The number of rotatable bonds is 4. The van der Waals surface area contributed by atoms with E-state index in [0.717, 1.165) is 6.07 Å². The van der Waals surface area contributed by atoms with Gasteiger partial charge in [0.15, 0.2) is 0 Å². The maximum atomic E-state index is 12.6. The van der Waals surface area contributed by atoms with Crippen molar-refractivity contribution >= 4 is 21.9 Å². The van der Waals surface area contributed by atoms with Crippen molar-refractivity contribution in [2.75, 3.05) is 6.61 Å². The highest BCUT2D eigenvalue weighted by atomic mass is 79.9. The normalized spacial score (nSPS) is 10.2. The summed E-state index contributed by atoms with van der Waals surface area (Å²) in [5.41, 5.74) is -0.0156. The third-order valence-electron chi connectivity index (χ3n) is 2.24. The zero-order valence-corrected chi connectivity index (χ0v) is 11.1. The number of ether oxygens (including phenoxy) is 1. The van der Waals surface area contributed by atoms with E-state index in [1.807, 2.05) is 0 Å². The van der Waals surface area contributed by atoms with E-state index in [0.29, 0.717) is 5.56 Å². The molecule has 0 amide bonds. The molecule has 1 aromatic rings. The van der Waals surface area contributed by atoms with Crippen molar-refractivity contribution in [3.05, 3.63) is 34.4 Å². The minimum atomic E-state index is -2.69. The van der Waals surface area contributed by atoms with Gasteiger partial charge in [-0.25, -0.2) is 13.6 Å². The smallest absolute Gasteiger partial charge is 0.339 e. The highest BCUT2D eigenvalue weighted by Gasteiger charge is 2.21. The molecule has 0 N–H and O–H groups in total. The Balaban J connectivity index is 3.40. The molecule has 0 heterocycles.